The standard InChI is InChI=1S/C21H19N7O2S2/c1-12-8-13(2)23-18-17(12)19(27-28(18)3)30-10-16(29)24-20-25-26-21(32-20)31-11-15-6-4-14(9-22)5-7-15/h4-8H,10-11H2,1-3H3,(H,24,25,29). The van der Waals surface area contributed by atoms with Gasteiger partial charge >= 0.3 is 0 Å². The van der Waals surface area contributed by atoms with Crippen LogP contribution in [0.15, 0.2) is 34.7 Å². The first kappa shape index (κ1) is 21.7. The van der Waals surface area contributed by atoms with E-state index in [-0.39, 0.29) is 12.5 Å². The molecule has 0 radical (unpaired) electrons. The van der Waals surface area contributed by atoms with Crippen molar-refractivity contribution < 1.29 is 9.53 Å². The number of carbonyl (C=O) groups is 1. The van der Waals surface area contributed by atoms with Crippen molar-refractivity contribution in [3.63, 3.8) is 0 Å². The minimum Gasteiger partial charge on any atom is -0.466 e. The topological polar surface area (TPSA) is 119 Å². The quantitative estimate of drug-likeness (QED) is 0.325. The number of pyridine rings is 1. The van der Waals surface area contributed by atoms with Gasteiger partial charge in [-0.3, -0.25) is 10.1 Å². The van der Waals surface area contributed by atoms with Crippen molar-refractivity contribution in [1.82, 2.24) is 25.0 Å². The van der Waals surface area contributed by atoms with Crippen molar-refractivity contribution in [3.8, 4) is 11.9 Å². The number of nitriles is 1. The Balaban J connectivity index is 1.33. The maximum atomic E-state index is 12.3. The maximum Gasteiger partial charge on any atom is 0.264 e. The van der Waals surface area contributed by atoms with Crippen LogP contribution in [0, 0.1) is 25.2 Å². The van der Waals surface area contributed by atoms with Gasteiger partial charge in [0.2, 0.25) is 11.0 Å². The number of thioether (sulfide) groups is 1. The minimum absolute atomic E-state index is 0.202. The van der Waals surface area contributed by atoms with Gasteiger partial charge in [0.25, 0.3) is 5.91 Å². The van der Waals surface area contributed by atoms with Gasteiger partial charge < -0.3 is 4.74 Å². The fourth-order valence-corrected chi connectivity index (χ4v) is 4.80. The summed E-state index contributed by atoms with van der Waals surface area (Å²) in [4.78, 5) is 16.8. The number of fused-ring (bicyclic) bond motifs is 1. The highest BCUT2D eigenvalue weighted by Gasteiger charge is 2.16. The van der Waals surface area contributed by atoms with Crippen molar-refractivity contribution in [2.75, 3.05) is 11.9 Å². The van der Waals surface area contributed by atoms with Crippen LogP contribution in [0.5, 0.6) is 5.88 Å². The summed E-state index contributed by atoms with van der Waals surface area (Å²) in [7, 11) is 1.79. The highest BCUT2D eigenvalue weighted by atomic mass is 32.2. The highest BCUT2D eigenvalue weighted by Crippen LogP contribution is 2.29. The number of rotatable bonds is 7. The molecule has 0 aliphatic heterocycles. The number of aryl methyl sites for hydroxylation is 3. The van der Waals surface area contributed by atoms with E-state index < -0.39 is 0 Å². The molecule has 3 aromatic heterocycles. The number of carbonyl (C=O) groups excluding carboxylic acids is 1. The number of anilines is 1. The van der Waals surface area contributed by atoms with Gasteiger partial charge in [0.15, 0.2) is 16.6 Å². The predicted molar refractivity (Wildman–Crippen MR) is 123 cm³/mol. The van der Waals surface area contributed by atoms with Crippen molar-refractivity contribution in [2.45, 2.75) is 23.9 Å². The predicted octanol–water partition coefficient (Wildman–Crippen LogP) is 3.62. The molecule has 0 saturated carbocycles. The Labute approximate surface area is 192 Å². The Morgan fingerprint density at radius 1 is 1.28 bits per heavy atom. The third-order valence-corrected chi connectivity index (χ3v) is 6.57. The van der Waals surface area contributed by atoms with E-state index in [2.05, 4.69) is 31.7 Å². The van der Waals surface area contributed by atoms with E-state index in [0.717, 1.165) is 26.5 Å². The summed E-state index contributed by atoms with van der Waals surface area (Å²) in [6.45, 7) is 3.68. The minimum atomic E-state index is -0.346. The number of nitrogens with one attached hydrogen (secondary N) is 1. The molecular formula is C21H19N7O2S2. The Bertz CT molecular complexity index is 1320. The summed E-state index contributed by atoms with van der Waals surface area (Å²) in [6.07, 6.45) is 0. The second kappa shape index (κ2) is 9.33. The lowest BCUT2D eigenvalue weighted by atomic mass is 10.2. The van der Waals surface area contributed by atoms with Crippen molar-refractivity contribution in [1.29, 1.82) is 5.26 Å². The fraction of sp³-hybridized carbons (Fsp3) is 0.238. The SMILES string of the molecule is Cc1cc(C)c2c(OCC(=O)Nc3nnc(SCc4ccc(C#N)cc4)s3)nn(C)c2n1. The average molecular weight is 466 g/mol. The smallest absolute Gasteiger partial charge is 0.264 e. The first-order chi connectivity index (χ1) is 15.4. The Kier molecular flexibility index (Phi) is 6.34. The van der Waals surface area contributed by atoms with Crippen molar-refractivity contribution in [2.24, 2.45) is 7.05 Å². The van der Waals surface area contributed by atoms with Crippen LogP contribution in [0.3, 0.4) is 0 Å². The number of amides is 1. The van der Waals surface area contributed by atoms with Crippen LogP contribution in [0.25, 0.3) is 11.0 Å². The van der Waals surface area contributed by atoms with Gasteiger partial charge in [0.1, 0.15) is 0 Å². The lowest BCUT2D eigenvalue weighted by molar-refractivity contribution is -0.118. The lowest BCUT2D eigenvalue weighted by Gasteiger charge is -2.04. The first-order valence-corrected chi connectivity index (χ1v) is 11.4. The number of ether oxygens (including phenoxy) is 1. The zero-order valence-corrected chi connectivity index (χ0v) is 19.3. The average Bonchev–Trinajstić information content (AvgIpc) is 3.35. The van der Waals surface area contributed by atoms with Crippen LogP contribution >= 0.6 is 23.1 Å². The molecule has 0 aliphatic rings. The fourth-order valence-electron chi connectivity index (χ4n) is 3.08. The third-order valence-electron chi connectivity index (χ3n) is 4.52. The molecule has 0 aliphatic carbocycles. The Morgan fingerprint density at radius 2 is 2.06 bits per heavy atom. The van der Waals surface area contributed by atoms with Crippen LogP contribution in [0.2, 0.25) is 0 Å². The normalized spacial score (nSPS) is 10.8. The second-order valence-electron chi connectivity index (χ2n) is 7.02. The highest BCUT2D eigenvalue weighted by molar-refractivity contribution is 8.00. The summed E-state index contributed by atoms with van der Waals surface area (Å²) in [5.41, 5.74) is 4.30. The largest absolute Gasteiger partial charge is 0.466 e. The van der Waals surface area contributed by atoms with Crippen LogP contribution in [0.4, 0.5) is 5.13 Å². The molecule has 9 nitrogen and oxygen atoms in total. The van der Waals surface area contributed by atoms with E-state index in [1.165, 1.54) is 23.1 Å². The molecular weight excluding hydrogens is 446 g/mol. The number of hydrogen-bond donors (Lipinski definition) is 1. The number of benzene rings is 1. The molecule has 0 saturated heterocycles. The monoisotopic (exact) mass is 465 g/mol. The van der Waals surface area contributed by atoms with Gasteiger partial charge in [-0.2, -0.15) is 5.26 Å². The molecule has 4 rings (SSSR count). The summed E-state index contributed by atoms with van der Waals surface area (Å²) in [5.74, 6) is 0.719. The second-order valence-corrected chi connectivity index (χ2v) is 9.22. The molecule has 0 bridgehead atoms. The third kappa shape index (κ3) is 4.87. The van der Waals surface area contributed by atoms with Crippen LogP contribution in [0.1, 0.15) is 22.4 Å². The molecule has 0 spiro atoms. The van der Waals surface area contributed by atoms with E-state index in [1.54, 1.807) is 23.9 Å². The molecule has 1 aromatic carbocycles. The van der Waals surface area contributed by atoms with Gasteiger partial charge in [0.05, 0.1) is 17.0 Å². The van der Waals surface area contributed by atoms with Gasteiger partial charge in [0, 0.05) is 18.5 Å². The molecule has 4 aromatic rings. The maximum absolute atomic E-state index is 12.3. The van der Waals surface area contributed by atoms with Gasteiger partial charge in [-0.1, -0.05) is 35.2 Å². The lowest BCUT2D eigenvalue weighted by Crippen LogP contribution is -2.20. The van der Waals surface area contributed by atoms with Gasteiger partial charge in [-0.25, -0.2) is 9.67 Å². The molecule has 3 heterocycles. The van der Waals surface area contributed by atoms with E-state index in [4.69, 9.17) is 10.00 Å². The number of hydrogen-bond acceptors (Lipinski definition) is 9. The zero-order valence-electron chi connectivity index (χ0n) is 17.6. The first-order valence-electron chi connectivity index (χ1n) is 9.62. The van der Waals surface area contributed by atoms with Crippen molar-refractivity contribution >= 4 is 45.2 Å². The van der Waals surface area contributed by atoms with Crippen LogP contribution < -0.4 is 10.1 Å². The number of aromatic nitrogens is 5. The van der Waals surface area contributed by atoms with E-state index in [0.29, 0.717) is 28.0 Å². The molecule has 32 heavy (non-hydrogen) atoms. The molecule has 11 heteroatoms. The molecule has 0 fully saturated rings. The summed E-state index contributed by atoms with van der Waals surface area (Å²) in [5, 5.41) is 25.2. The molecule has 0 atom stereocenters. The Morgan fingerprint density at radius 3 is 2.81 bits per heavy atom. The zero-order chi connectivity index (χ0) is 22.7. The summed E-state index contributed by atoms with van der Waals surface area (Å²) >= 11 is 2.80. The van der Waals surface area contributed by atoms with Crippen molar-refractivity contribution in [3.05, 3.63) is 52.7 Å². The molecule has 0 unspecified atom stereocenters. The summed E-state index contributed by atoms with van der Waals surface area (Å²) in [6, 6.07) is 11.4. The van der Waals surface area contributed by atoms with E-state index >= 15 is 0 Å². The van der Waals surface area contributed by atoms with Gasteiger partial charge in [-0.05, 0) is 43.2 Å². The van der Waals surface area contributed by atoms with Crippen LogP contribution in [-0.2, 0) is 17.6 Å². The van der Waals surface area contributed by atoms with Crippen LogP contribution in [-0.4, -0.2) is 37.5 Å². The van der Waals surface area contributed by atoms with E-state index in [9.17, 15) is 4.79 Å². The molecule has 162 valence electrons. The summed E-state index contributed by atoms with van der Waals surface area (Å²) < 4.78 is 8.05. The van der Waals surface area contributed by atoms with E-state index in [1.807, 2.05) is 32.0 Å². The number of nitrogens with zero attached hydrogens (tertiary/aromatic N) is 6. The molecule has 1 N–H and O–H groups in total. The van der Waals surface area contributed by atoms with Gasteiger partial charge in [-0.15, -0.1) is 15.3 Å². The Hall–Kier alpha value is -3.49. The molecule has 1 amide bonds.